The van der Waals surface area contributed by atoms with Gasteiger partial charge < -0.3 is 19.7 Å². The summed E-state index contributed by atoms with van der Waals surface area (Å²) in [6.45, 7) is 3.40. The highest BCUT2D eigenvalue weighted by Gasteiger charge is 2.37. The Morgan fingerprint density at radius 1 is 0.825 bits per heavy atom. The molecule has 208 valence electrons. The lowest BCUT2D eigenvalue weighted by atomic mass is 10.1. The monoisotopic (exact) mass is 542 g/mol. The first kappa shape index (κ1) is 27.2. The molecule has 2 heterocycles. The van der Waals surface area contributed by atoms with Gasteiger partial charge in [-0.1, -0.05) is 36.4 Å². The second kappa shape index (κ2) is 12.2. The molecule has 3 aromatic rings. The van der Waals surface area contributed by atoms with Crippen molar-refractivity contribution in [2.45, 2.75) is 19.0 Å². The lowest BCUT2D eigenvalue weighted by Crippen LogP contribution is -2.55. The van der Waals surface area contributed by atoms with E-state index < -0.39 is 6.04 Å². The van der Waals surface area contributed by atoms with E-state index in [1.54, 1.807) is 38.5 Å². The fourth-order valence-electron chi connectivity index (χ4n) is 5.40. The molecule has 40 heavy (non-hydrogen) atoms. The van der Waals surface area contributed by atoms with Gasteiger partial charge in [0.25, 0.3) is 11.8 Å². The summed E-state index contributed by atoms with van der Waals surface area (Å²) < 4.78 is 10.7. The van der Waals surface area contributed by atoms with E-state index in [0.29, 0.717) is 48.7 Å². The molecule has 0 bridgehead atoms. The average Bonchev–Trinajstić information content (AvgIpc) is 3.25. The lowest BCUT2D eigenvalue weighted by molar-refractivity contribution is -0.127. The molecule has 3 amide bonds. The van der Waals surface area contributed by atoms with Gasteiger partial charge in [0.2, 0.25) is 5.91 Å². The van der Waals surface area contributed by atoms with E-state index in [9.17, 15) is 14.4 Å². The molecule has 9 heteroatoms. The SMILES string of the molecule is COc1ccc(CNC(=O)C(CCN2C(=O)c3ccccc3C2=O)N2CCN(c3ccccc3)CC2)cc1OC. The van der Waals surface area contributed by atoms with E-state index >= 15 is 0 Å². The van der Waals surface area contributed by atoms with Crippen LogP contribution in [0.1, 0.15) is 32.7 Å². The summed E-state index contributed by atoms with van der Waals surface area (Å²) in [5.41, 5.74) is 2.86. The number of imide groups is 1. The van der Waals surface area contributed by atoms with Crippen molar-refractivity contribution < 1.29 is 23.9 Å². The highest BCUT2D eigenvalue weighted by atomic mass is 16.5. The number of amides is 3. The summed E-state index contributed by atoms with van der Waals surface area (Å²) in [6, 6.07) is 22.1. The van der Waals surface area contributed by atoms with Gasteiger partial charge in [0.05, 0.1) is 31.4 Å². The van der Waals surface area contributed by atoms with Gasteiger partial charge in [0.15, 0.2) is 11.5 Å². The number of ether oxygens (including phenoxy) is 2. The van der Waals surface area contributed by atoms with Crippen molar-refractivity contribution in [3.63, 3.8) is 0 Å². The van der Waals surface area contributed by atoms with Crippen molar-refractivity contribution in [1.29, 1.82) is 0 Å². The molecule has 9 nitrogen and oxygen atoms in total. The van der Waals surface area contributed by atoms with Gasteiger partial charge in [-0.05, 0) is 48.4 Å². The Kier molecular flexibility index (Phi) is 8.31. The summed E-state index contributed by atoms with van der Waals surface area (Å²) in [5, 5.41) is 3.06. The van der Waals surface area contributed by atoms with Gasteiger partial charge in [0.1, 0.15) is 0 Å². The molecule has 0 aromatic heterocycles. The average molecular weight is 543 g/mol. The van der Waals surface area contributed by atoms with Crippen molar-refractivity contribution in [3.05, 3.63) is 89.5 Å². The van der Waals surface area contributed by atoms with Crippen molar-refractivity contribution >= 4 is 23.4 Å². The van der Waals surface area contributed by atoms with Crippen molar-refractivity contribution in [1.82, 2.24) is 15.1 Å². The second-order valence-corrected chi connectivity index (χ2v) is 9.88. The lowest BCUT2D eigenvalue weighted by Gasteiger charge is -2.40. The van der Waals surface area contributed by atoms with Gasteiger partial charge >= 0.3 is 0 Å². The van der Waals surface area contributed by atoms with Crippen molar-refractivity contribution in [2.24, 2.45) is 0 Å². The number of anilines is 1. The molecule has 2 aliphatic heterocycles. The maximum Gasteiger partial charge on any atom is 0.261 e. The van der Waals surface area contributed by atoms with Crippen molar-refractivity contribution in [2.75, 3.05) is 51.8 Å². The minimum atomic E-state index is -0.498. The van der Waals surface area contributed by atoms with Crippen LogP contribution in [0.15, 0.2) is 72.8 Å². The Bertz CT molecular complexity index is 1340. The van der Waals surface area contributed by atoms with Gasteiger partial charge in [-0.25, -0.2) is 0 Å². The van der Waals surface area contributed by atoms with E-state index in [2.05, 4.69) is 27.2 Å². The van der Waals surface area contributed by atoms with E-state index in [0.717, 1.165) is 24.3 Å². The number of carbonyl (C=O) groups excluding carboxylic acids is 3. The van der Waals surface area contributed by atoms with Crippen LogP contribution < -0.4 is 19.7 Å². The summed E-state index contributed by atoms with van der Waals surface area (Å²) in [7, 11) is 3.15. The number of piperazine rings is 1. The van der Waals surface area contributed by atoms with Crippen LogP contribution in [0.25, 0.3) is 0 Å². The molecule has 3 aromatic carbocycles. The smallest absolute Gasteiger partial charge is 0.261 e. The van der Waals surface area contributed by atoms with Gasteiger partial charge in [-0.3, -0.25) is 24.2 Å². The van der Waals surface area contributed by atoms with Crippen LogP contribution in [0.3, 0.4) is 0 Å². The highest BCUT2D eigenvalue weighted by Crippen LogP contribution is 2.28. The minimum Gasteiger partial charge on any atom is -0.493 e. The molecular weight excluding hydrogens is 508 g/mol. The molecule has 5 rings (SSSR count). The second-order valence-electron chi connectivity index (χ2n) is 9.88. The van der Waals surface area contributed by atoms with Crippen molar-refractivity contribution in [3.8, 4) is 11.5 Å². The predicted octanol–water partition coefficient (Wildman–Crippen LogP) is 3.20. The zero-order valence-corrected chi connectivity index (χ0v) is 22.8. The summed E-state index contributed by atoms with van der Waals surface area (Å²) in [4.78, 5) is 45.2. The number of benzene rings is 3. The molecule has 0 radical (unpaired) electrons. The molecule has 1 saturated heterocycles. The van der Waals surface area contributed by atoms with E-state index in [1.807, 2.05) is 36.4 Å². The van der Waals surface area contributed by atoms with Crippen LogP contribution in [-0.4, -0.2) is 80.5 Å². The molecule has 2 aliphatic rings. The predicted molar refractivity (Wildman–Crippen MR) is 152 cm³/mol. The minimum absolute atomic E-state index is 0.139. The topological polar surface area (TPSA) is 91.4 Å². The Labute approximate surface area is 234 Å². The number of nitrogens with one attached hydrogen (secondary N) is 1. The third-order valence-electron chi connectivity index (χ3n) is 7.60. The van der Waals surface area contributed by atoms with Gasteiger partial charge in [0, 0.05) is 45.0 Å². The quantitative estimate of drug-likeness (QED) is 0.394. The molecule has 0 spiro atoms. The summed E-state index contributed by atoms with van der Waals surface area (Å²) in [5.74, 6) is 0.457. The first-order valence-corrected chi connectivity index (χ1v) is 13.5. The Morgan fingerprint density at radius 2 is 1.45 bits per heavy atom. The van der Waals surface area contributed by atoms with Crippen LogP contribution >= 0.6 is 0 Å². The first-order valence-electron chi connectivity index (χ1n) is 13.5. The zero-order chi connectivity index (χ0) is 28.1. The van der Waals surface area contributed by atoms with Crippen LogP contribution in [-0.2, 0) is 11.3 Å². The number of carbonyl (C=O) groups is 3. The third kappa shape index (κ3) is 5.65. The standard InChI is InChI=1S/C31H34N4O5/c1-39-27-13-12-22(20-28(27)40-2)21-32-29(36)26(34-18-16-33(17-19-34)23-8-4-3-5-9-23)14-15-35-30(37)24-10-6-7-11-25(24)31(35)38/h3-13,20,26H,14-19,21H2,1-2H3,(H,32,36). The zero-order valence-electron chi connectivity index (χ0n) is 22.8. The normalized spacial score (nSPS) is 16.1. The summed E-state index contributed by atoms with van der Waals surface area (Å²) >= 11 is 0. The van der Waals surface area contributed by atoms with E-state index in [4.69, 9.17) is 9.47 Å². The Morgan fingerprint density at radius 3 is 2.08 bits per heavy atom. The highest BCUT2D eigenvalue weighted by molar-refractivity contribution is 6.21. The largest absolute Gasteiger partial charge is 0.493 e. The number of para-hydroxylation sites is 1. The maximum atomic E-state index is 13.6. The van der Waals surface area contributed by atoms with Gasteiger partial charge in [-0.2, -0.15) is 0 Å². The third-order valence-corrected chi connectivity index (χ3v) is 7.60. The Balaban J connectivity index is 1.28. The van der Waals surface area contributed by atoms with Crippen LogP contribution in [0, 0.1) is 0 Å². The fraction of sp³-hybridized carbons (Fsp3) is 0.323. The van der Waals surface area contributed by atoms with Crippen LogP contribution in [0.5, 0.6) is 11.5 Å². The Hall–Kier alpha value is -4.37. The molecule has 1 unspecified atom stereocenters. The van der Waals surface area contributed by atoms with E-state index in [-0.39, 0.29) is 24.3 Å². The van der Waals surface area contributed by atoms with E-state index in [1.165, 1.54) is 4.90 Å². The first-order chi connectivity index (χ1) is 19.5. The molecule has 1 fully saturated rings. The summed E-state index contributed by atoms with van der Waals surface area (Å²) in [6.07, 6.45) is 0.342. The van der Waals surface area contributed by atoms with Gasteiger partial charge in [-0.15, -0.1) is 0 Å². The number of hydrogen-bond donors (Lipinski definition) is 1. The number of rotatable bonds is 10. The van der Waals surface area contributed by atoms with Crippen LogP contribution in [0.2, 0.25) is 0 Å². The molecule has 1 atom stereocenters. The molecule has 0 aliphatic carbocycles. The molecule has 1 N–H and O–H groups in total. The number of fused-ring (bicyclic) bond motifs is 1. The number of hydrogen-bond acceptors (Lipinski definition) is 7. The fourth-order valence-corrected chi connectivity index (χ4v) is 5.40. The van der Waals surface area contributed by atoms with Crippen LogP contribution in [0.4, 0.5) is 5.69 Å². The molecular formula is C31H34N4O5. The molecule has 0 saturated carbocycles. The number of nitrogens with zero attached hydrogens (tertiary/aromatic N) is 3. The maximum absolute atomic E-state index is 13.6. The number of methoxy groups -OCH3 is 2.